The molecule has 0 fully saturated rings. The summed E-state index contributed by atoms with van der Waals surface area (Å²) in [6.45, 7) is 5.53. The van der Waals surface area contributed by atoms with Gasteiger partial charge in [0, 0.05) is 6.04 Å². The normalized spacial score (nSPS) is 12.2. The van der Waals surface area contributed by atoms with Crippen molar-refractivity contribution in [3.8, 4) is 0 Å². The lowest BCUT2D eigenvalue weighted by Gasteiger charge is -2.14. The summed E-state index contributed by atoms with van der Waals surface area (Å²) >= 11 is 0. The number of nitrogens with one attached hydrogen (secondary N) is 1. The molecule has 0 saturated heterocycles. The maximum atomic E-state index is 13.2. The molecule has 82 valence electrons. The second-order valence-electron chi connectivity index (χ2n) is 3.54. The molecule has 1 aromatic rings. The van der Waals surface area contributed by atoms with Gasteiger partial charge >= 0.3 is 0 Å². The molecule has 0 saturated carbocycles. The lowest BCUT2D eigenvalue weighted by atomic mass is 10.1. The zero-order valence-electron chi connectivity index (χ0n) is 8.76. The number of anilines is 1. The first-order valence-electron chi connectivity index (χ1n) is 4.96. The van der Waals surface area contributed by atoms with Gasteiger partial charge in [-0.25, -0.2) is 8.78 Å². The van der Waals surface area contributed by atoms with E-state index in [2.05, 4.69) is 11.9 Å². The average Bonchev–Trinajstić information content (AvgIpc) is 2.20. The van der Waals surface area contributed by atoms with Crippen LogP contribution in [0.2, 0.25) is 0 Å². The molecule has 0 radical (unpaired) electrons. The molecule has 1 N–H and O–H groups in total. The minimum atomic E-state index is -0.435. The lowest BCUT2D eigenvalue weighted by Crippen LogP contribution is -2.15. The first-order chi connectivity index (χ1) is 7.13. The molecule has 0 unspecified atom stereocenters. The molecule has 3 heteroatoms. The highest BCUT2D eigenvalue weighted by atomic mass is 19.1. The minimum absolute atomic E-state index is 0.0966. The molecule has 0 aromatic heterocycles. The topological polar surface area (TPSA) is 12.0 Å². The predicted octanol–water partition coefficient (Wildman–Crippen LogP) is 3.73. The fourth-order valence-electron chi connectivity index (χ4n) is 1.31. The molecular formula is C12H15F2N. The standard InChI is InChI=1S/C12H15F2N/c1-3-4-5-9(2)15-12-8-10(13)6-7-11(12)14/h3,6-9,15H,1,4-5H2,2H3/t9-/m1/s1. The van der Waals surface area contributed by atoms with Gasteiger partial charge in [-0.3, -0.25) is 0 Å². The highest BCUT2D eigenvalue weighted by Gasteiger charge is 2.06. The van der Waals surface area contributed by atoms with Gasteiger partial charge in [0.05, 0.1) is 5.69 Å². The van der Waals surface area contributed by atoms with Gasteiger partial charge in [0.1, 0.15) is 11.6 Å². The van der Waals surface area contributed by atoms with Gasteiger partial charge in [0.2, 0.25) is 0 Å². The molecule has 0 aliphatic carbocycles. The van der Waals surface area contributed by atoms with Crippen molar-refractivity contribution >= 4 is 5.69 Å². The van der Waals surface area contributed by atoms with E-state index >= 15 is 0 Å². The van der Waals surface area contributed by atoms with Gasteiger partial charge in [0.15, 0.2) is 0 Å². The molecule has 15 heavy (non-hydrogen) atoms. The lowest BCUT2D eigenvalue weighted by molar-refractivity contribution is 0.598. The van der Waals surface area contributed by atoms with Crippen LogP contribution in [0.1, 0.15) is 19.8 Å². The van der Waals surface area contributed by atoms with Crippen molar-refractivity contribution in [2.75, 3.05) is 5.32 Å². The molecule has 0 bridgehead atoms. The largest absolute Gasteiger partial charge is 0.380 e. The Hall–Kier alpha value is -1.38. The van der Waals surface area contributed by atoms with Crippen LogP contribution in [0.5, 0.6) is 0 Å². The summed E-state index contributed by atoms with van der Waals surface area (Å²) in [6.07, 6.45) is 3.50. The van der Waals surface area contributed by atoms with E-state index in [1.165, 1.54) is 6.07 Å². The number of rotatable bonds is 5. The second kappa shape index (κ2) is 5.49. The van der Waals surface area contributed by atoms with E-state index in [0.29, 0.717) is 0 Å². The van der Waals surface area contributed by atoms with Crippen LogP contribution in [-0.4, -0.2) is 6.04 Å². The summed E-state index contributed by atoms with van der Waals surface area (Å²) in [5, 5.41) is 2.92. The van der Waals surface area contributed by atoms with Crippen LogP contribution in [0.3, 0.4) is 0 Å². The maximum Gasteiger partial charge on any atom is 0.146 e. The van der Waals surface area contributed by atoms with Crippen LogP contribution in [0.4, 0.5) is 14.5 Å². The van der Waals surface area contributed by atoms with E-state index in [-0.39, 0.29) is 11.7 Å². The molecular weight excluding hydrogens is 196 g/mol. The third kappa shape index (κ3) is 3.70. The number of halogens is 2. The zero-order chi connectivity index (χ0) is 11.3. The first kappa shape index (κ1) is 11.7. The fraction of sp³-hybridized carbons (Fsp3) is 0.333. The summed E-state index contributed by atoms with van der Waals surface area (Å²) in [4.78, 5) is 0. The molecule has 1 atom stereocenters. The van der Waals surface area contributed by atoms with Crippen LogP contribution < -0.4 is 5.32 Å². The maximum absolute atomic E-state index is 13.2. The summed E-state index contributed by atoms with van der Waals surface area (Å²) < 4.78 is 26.0. The Kier molecular flexibility index (Phi) is 4.28. The highest BCUT2D eigenvalue weighted by molar-refractivity contribution is 5.45. The third-order valence-corrected chi connectivity index (χ3v) is 2.13. The van der Waals surface area contributed by atoms with Crippen LogP contribution in [0, 0.1) is 11.6 Å². The second-order valence-corrected chi connectivity index (χ2v) is 3.54. The Labute approximate surface area is 88.8 Å². The molecule has 0 aliphatic rings. The van der Waals surface area contributed by atoms with Crippen molar-refractivity contribution in [3.63, 3.8) is 0 Å². The van der Waals surface area contributed by atoms with Gasteiger partial charge in [-0.15, -0.1) is 6.58 Å². The number of benzene rings is 1. The van der Waals surface area contributed by atoms with Crippen LogP contribution in [0.25, 0.3) is 0 Å². The van der Waals surface area contributed by atoms with Gasteiger partial charge in [-0.1, -0.05) is 6.08 Å². The molecule has 0 heterocycles. The van der Waals surface area contributed by atoms with E-state index in [9.17, 15) is 8.78 Å². The number of hydrogen-bond donors (Lipinski definition) is 1. The Balaban J connectivity index is 2.62. The molecule has 1 nitrogen and oxygen atoms in total. The molecule has 0 aliphatic heterocycles. The van der Waals surface area contributed by atoms with E-state index in [0.717, 1.165) is 25.0 Å². The Morgan fingerprint density at radius 3 is 2.87 bits per heavy atom. The van der Waals surface area contributed by atoms with Gasteiger partial charge < -0.3 is 5.32 Å². The van der Waals surface area contributed by atoms with E-state index in [4.69, 9.17) is 0 Å². The summed E-state index contributed by atoms with van der Waals surface area (Å²) in [5.74, 6) is -0.864. The van der Waals surface area contributed by atoms with E-state index < -0.39 is 11.6 Å². The van der Waals surface area contributed by atoms with Crippen molar-refractivity contribution < 1.29 is 8.78 Å². The Bertz CT molecular complexity index is 336. The number of allylic oxidation sites excluding steroid dienone is 1. The minimum Gasteiger partial charge on any atom is -0.380 e. The first-order valence-corrected chi connectivity index (χ1v) is 4.96. The smallest absolute Gasteiger partial charge is 0.146 e. The summed E-state index contributed by atoms with van der Waals surface area (Å²) in [5.41, 5.74) is 0.214. The Morgan fingerprint density at radius 2 is 2.20 bits per heavy atom. The third-order valence-electron chi connectivity index (χ3n) is 2.13. The van der Waals surface area contributed by atoms with Crippen molar-refractivity contribution in [1.82, 2.24) is 0 Å². The van der Waals surface area contributed by atoms with Crippen LogP contribution >= 0.6 is 0 Å². The average molecular weight is 211 g/mol. The van der Waals surface area contributed by atoms with Gasteiger partial charge in [-0.2, -0.15) is 0 Å². The highest BCUT2D eigenvalue weighted by Crippen LogP contribution is 2.17. The molecule has 0 spiro atoms. The van der Waals surface area contributed by atoms with Gasteiger partial charge in [-0.05, 0) is 38.0 Å². The molecule has 0 amide bonds. The quantitative estimate of drug-likeness (QED) is 0.732. The Morgan fingerprint density at radius 1 is 1.47 bits per heavy atom. The van der Waals surface area contributed by atoms with Crippen molar-refractivity contribution in [3.05, 3.63) is 42.5 Å². The summed E-state index contributed by atoms with van der Waals surface area (Å²) in [7, 11) is 0. The predicted molar refractivity (Wildman–Crippen MR) is 58.9 cm³/mol. The van der Waals surface area contributed by atoms with Gasteiger partial charge in [0.25, 0.3) is 0 Å². The molecule has 1 rings (SSSR count). The van der Waals surface area contributed by atoms with Crippen molar-refractivity contribution in [2.45, 2.75) is 25.8 Å². The van der Waals surface area contributed by atoms with Crippen molar-refractivity contribution in [1.29, 1.82) is 0 Å². The number of hydrogen-bond acceptors (Lipinski definition) is 1. The monoisotopic (exact) mass is 211 g/mol. The van der Waals surface area contributed by atoms with Crippen LogP contribution in [0.15, 0.2) is 30.9 Å². The van der Waals surface area contributed by atoms with E-state index in [1.807, 2.05) is 6.92 Å². The summed E-state index contributed by atoms with van der Waals surface area (Å²) in [6, 6.07) is 3.49. The SMILES string of the molecule is C=CCC[C@@H](C)Nc1cc(F)ccc1F. The van der Waals surface area contributed by atoms with E-state index in [1.54, 1.807) is 6.08 Å². The zero-order valence-corrected chi connectivity index (χ0v) is 8.76. The molecule has 1 aromatic carbocycles. The fourth-order valence-corrected chi connectivity index (χ4v) is 1.31. The van der Waals surface area contributed by atoms with Crippen LogP contribution in [-0.2, 0) is 0 Å². The van der Waals surface area contributed by atoms with Crippen molar-refractivity contribution in [2.24, 2.45) is 0 Å².